The number of rotatable bonds is 2. The van der Waals surface area contributed by atoms with Crippen molar-refractivity contribution in [3.63, 3.8) is 0 Å². The van der Waals surface area contributed by atoms with E-state index in [1.54, 1.807) is 0 Å². The number of halogens is 1. The van der Waals surface area contributed by atoms with Crippen LogP contribution in [0.15, 0.2) is 30.6 Å². The second kappa shape index (κ2) is 5.80. The van der Waals surface area contributed by atoms with E-state index in [1.165, 1.54) is 24.5 Å². The Morgan fingerprint density at radius 3 is 3.05 bits per heavy atom. The number of aromatic nitrogens is 2. The van der Waals surface area contributed by atoms with Crippen molar-refractivity contribution in [1.82, 2.24) is 10.2 Å². The Kier molecular flexibility index (Phi) is 3.90. The van der Waals surface area contributed by atoms with Crippen LogP contribution in [0.5, 0.6) is 0 Å². The number of nitrogens with one attached hydrogen (secondary N) is 2. The van der Waals surface area contributed by atoms with Crippen LogP contribution in [0.4, 0.5) is 10.1 Å². The summed E-state index contributed by atoms with van der Waals surface area (Å²) in [4.78, 5) is 11.9. The minimum absolute atomic E-state index is 0.120. The van der Waals surface area contributed by atoms with Crippen LogP contribution in [-0.2, 0) is 0 Å². The molecule has 0 aliphatic carbocycles. The van der Waals surface area contributed by atoms with Crippen molar-refractivity contribution >= 4 is 11.6 Å². The first-order valence-electron chi connectivity index (χ1n) is 5.40. The molecule has 2 rings (SSSR count). The quantitative estimate of drug-likeness (QED) is 0.708. The van der Waals surface area contributed by atoms with Crippen LogP contribution in [0.25, 0.3) is 0 Å². The standard InChI is InChI=1S/C13H10FN3O2/c14-12-4-3-9(2-1-5-18)6-11(12)13(19)17-10-7-15-16-8-10/h3-4,6-8,18H,5H2,(H,15,16)(H,17,19). The molecule has 0 radical (unpaired) electrons. The van der Waals surface area contributed by atoms with E-state index in [9.17, 15) is 9.18 Å². The maximum absolute atomic E-state index is 13.6. The van der Waals surface area contributed by atoms with Gasteiger partial charge >= 0.3 is 0 Å². The van der Waals surface area contributed by atoms with Crippen molar-refractivity contribution in [3.05, 3.63) is 47.5 Å². The van der Waals surface area contributed by atoms with Crippen LogP contribution in [0, 0.1) is 17.7 Å². The molecule has 3 N–H and O–H groups in total. The first kappa shape index (κ1) is 12.8. The van der Waals surface area contributed by atoms with E-state index in [0.29, 0.717) is 11.3 Å². The molecule has 0 unspecified atom stereocenters. The highest BCUT2D eigenvalue weighted by Crippen LogP contribution is 2.12. The molecule has 1 aromatic heterocycles. The van der Waals surface area contributed by atoms with Crippen LogP contribution in [0.1, 0.15) is 15.9 Å². The molecule has 0 aliphatic heterocycles. The number of nitrogens with zero attached hydrogens (tertiary/aromatic N) is 1. The van der Waals surface area contributed by atoms with Gasteiger partial charge in [0.2, 0.25) is 0 Å². The molecule has 0 aliphatic rings. The maximum Gasteiger partial charge on any atom is 0.258 e. The van der Waals surface area contributed by atoms with Gasteiger partial charge in [0.1, 0.15) is 12.4 Å². The van der Waals surface area contributed by atoms with Crippen molar-refractivity contribution in [1.29, 1.82) is 0 Å². The summed E-state index contributed by atoms with van der Waals surface area (Å²) < 4.78 is 13.6. The van der Waals surface area contributed by atoms with Gasteiger partial charge in [-0.2, -0.15) is 5.10 Å². The van der Waals surface area contributed by atoms with Gasteiger partial charge in [-0.15, -0.1) is 0 Å². The number of aliphatic hydroxyl groups is 1. The van der Waals surface area contributed by atoms with Crippen LogP contribution >= 0.6 is 0 Å². The van der Waals surface area contributed by atoms with Crippen LogP contribution in [-0.4, -0.2) is 27.8 Å². The summed E-state index contributed by atoms with van der Waals surface area (Å²) in [7, 11) is 0. The molecular weight excluding hydrogens is 249 g/mol. The Labute approximate surface area is 108 Å². The number of aliphatic hydroxyl groups excluding tert-OH is 1. The van der Waals surface area contributed by atoms with Gasteiger partial charge in [0, 0.05) is 11.8 Å². The van der Waals surface area contributed by atoms with E-state index in [1.807, 2.05) is 0 Å². The second-order valence-corrected chi connectivity index (χ2v) is 3.60. The van der Waals surface area contributed by atoms with Gasteiger partial charge in [-0.3, -0.25) is 9.89 Å². The molecular formula is C13H10FN3O2. The zero-order chi connectivity index (χ0) is 13.7. The lowest BCUT2D eigenvalue weighted by atomic mass is 10.1. The molecule has 6 heteroatoms. The predicted molar refractivity (Wildman–Crippen MR) is 66.9 cm³/mol. The fourth-order valence-corrected chi connectivity index (χ4v) is 1.44. The minimum Gasteiger partial charge on any atom is -0.384 e. The maximum atomic E-state index is 13.6. The Morgan fingerprint density at radius 1 is 1.53 bits per heavy atom. The molecule has 0 spiro atoms. The lowest BCUT2D eigenvalue weighted by Gasteiger charge is -2.04. The SMILES string of the molecule is O=C(Nc1cn[nH]c1)c1cc(C#CCO)ccc1F. The lowest BCUT2D eigenvalue weighted by Crippen LogP contribution is -2.13. The van der Waals surface area contributed by atoms with E-state index in [4.69, 9.17) is 5.11 Å². The summed E-state index contributed by atoms with van der Waals surface area (Å²) in [6, 6.07) is 3.92. The van der Waals surface area contributed by atoms with E-state index in [0.717, 1.165) is 6.07 Å². The molecule has 5 nitrogen and oxygen atoms in total. The molecule has 0 atom stereocenters. The number of carbonyl (C=O) groups is 1. The normalized spacial score (nSPS) is 9.58. The number of benzene rings is 1. The van der Waals surface area contributed by atoms with Gasteiger partial charge in [-0.25, -0.2) is 4.39 Å². The summed E-state index contributed by atoms with van der Waals surface area (Å²) in [6.07, 6.45) is 2.89. The topological polar surface area (TPSA) is 78.0 Å². The summed E-state index contributed by atoms with van der Waals surface area (Å²) in [6.45, 7) is -0.298. The third kappa shape index (κ3) is 3.18. The smallest absolute Gasteiger partial charge is 0.258 e. The summed E-state index contributed by atoms with van der Waals surface area (Å²) >= 11 is 0. The number of hydrogen-bond donors (Lipinski definition) is 3. The van der Waals surface area contributed by atoms with Crippen LogP contribution in [0.2, 0.25) is 0 Å². The van der Waals surface area contributed by atoms with Gasteiger partial charge in [-0.05, 0) is 18.2 Å². The fraction of sp³-hybridized carbons (Fsp3) is 0.0769. The summed E-state index contributed by atoms with van der Waals surface area (Å²) in [5, 5.41) is 17.3. The third-order valence-electron chi connectivity index (χ3n) is 2.28. The lowest BCUT2D eigenvalue weighted by molar-refractivity contribution is 0.102. The average Bonchev–Trinajstić information content (AvgIpc) is 2.90. The Balaban J connectivity index is 2.25. The molecule has 1 amide bonds. The average molecular weight is 259 g/mol. The van der Waals surface area contributed by atoms with Crippen LogP contribution < -0.4 is 5.32 Å². The fourth-order valence-electron chi connectivity index (χ4n) is 1.44. The number of H-pyrrole nitrogens is 1. The first-order chi connectivity index (χ1) is 9.20. The zero-order valence-corrected chi connectivity index (χ0v) is 9.77. The molecule has 19 heavy (non-hydrogen) atoms. The Morgan fingerprint density at radius 2 is 2.37 bits per heavy atom. The van der Waals surface area contributed by atoms with E-state index in [-0.39, 0.29) is 12.2 Å². The third-order valence-corrected chi connectivity index (χ3v) is 2.28. The van der Waals surface area contributed by atoms with Crippen molar-refractivity contribution in [2.24, 2.45) is 0 Å². The largest absolute Gasteiger partial charge is 0.384 e. The monoisotopic (exact) mass is 259 g/mol. The van der Waals surface area contributed by atoms with Crippen molar-refractivity contribution < 1.29 is 14.3 Å². The second-order valence-electron chi connectivity index (χ2n) is 3.60. The van der Waals surface area contributed by atoms with Gasteiger partial charge in [0.05, 0.1) is 17.4 Å². The van der Waals surface area contributed by atoms with Gasteiger partial charge in [-0.1, -0.05) is 11.8 Å². The molecule has 0 fully saturated rings. The number of anilines is 1. The van der Waals surface area contributed by atoms with E-state index < -0.39 is 11.7 Å². The summed E-state index contributed by atoms with van der Waals surface area (Å²) in [5.74, 6) is 3.81. The van der Waals surface area contributed by atoms with Gasteiger partial charge in [0.15, 0.2) is 0 Å². The van der Waals surface area contributed by atoms with E-state index in [2.05, 4.69) is 27.4 Å². The molecule has 0 bridgehead atoms. The predicted octanol–water partition coefficient (Wildman–Crippen LogP) is 1.14. The highest BCUT2D eigenvalue weighted by molar-refractivity contribution is 6.04. The number of hydrogen-bond acceptors (Lipinski definition) is 3. The number of amides is 1. The van der Waals surface area contributed by atoms with Crippen molar-refractivity contribution in [2.75, 3.05) is 11.9 Å². The summed E-state index contributed by atoms with van der Waals surface area (Å²) in [5.41, 5.74) is 0.773. The Hall–Kier alpha value is -2.65. The highest BCUT2D eigenvalue weighted by Gasteiger charge is 2.12. The van der Waals surface area contributed by atoms with Gasteiger partial charge in [0.25, 0.3) is 5.91 Å². The number of carbonyl (C=O) groups excluding carboxylic acids is 1. The van der Waals surface area contributed by atoms with Gasteiger partial charge < -0.3 is 10.4 Å². The molecule has 2 aromatic rings. The molecule has 0 saturated heterocycles. The van der Waals surface area contributed by atoms with E-state index >= 15 is 0 Å². The van der Waals surface area contributed by atoms with Crippen LogP contribution in [0.3, 0.4) is 0 Å². The minimum atomic E-state index is -0.643. The Bertz CT molecular complexity index is 642. The molecule has 96 valence electrons. The molecule has 0 saturated carbocycles. The molecule has 1 heterocycles. The van der Waals surface area contributed by atoms with Crippen molar-refractivity contribution in [2.45, 2.75) is 0 Å². The van der Waals surface area contributed by atoms with Crippen molar-refractivity contribution in [3.8, 4) is 11.8 Å². The zero-order valence-electron chi connectivity index (χ0n) is 9.77. The number of aromatic amines is 1. The molecule has 1 aromatic carbocycles. The first-order valence-corrected chi connectivity index (χ1v) is 5.40. The highest BCUT2D eigenvalue weighted by atomic mass is 19.1.